The molecule has 4 heteroatoms. The summed E-state index contributed by atoms with van der Waals surface area (Å²) in [6.07, 6.45) is 3.53. The van der Waals surface area contributed by atoms with Gasteiger partial charge in [0, 0.05) is 6.42 Å². The number of esters is 1. The highest BCUT2D eigenvalue weighted by Gasteiger charge is 2.32. The lowest BCUT2D eigenvalue weighted by Gasteiger charge is -2.09. The maximum Gasteiger partial charge on any atom is 0.375 e. The number of Topliss-reactive ketones (excluding diaryl/α,β-unsaturated/α-hetero) is 2. The topological polar surface area (TPSA) is 60.4 Å². The molecule has 0 amide bonds. The van der Waals surface area contributed by atoms with Crippen molar-refractivity contribution in [2.24, 2.45) is 5.92 Å². The molecule has 0 bridgehead atoms. The second kappa shape index (κ2) is 5.63. The van der Waals surface area contributed by atoms with Crippen LogP contribution in [0.15, 0.2) is 0 Å². The van der Waals surface area contributed by atoms with Crippen LogP contribution in [0.25, 0.3) is 0 Å². The summed E-state index contributed by atoms with van der Waals surface area (Å²) in [4.78, 5) is 34.3. The molecule has 1 rings (SSSR count). The van der Waals surface area contributed by atoms with Crippen molar-refractivity contribution in [2.45, 2.75) is 39.0 Å². The van der Waals surface area contributed by atoms with Crippen molar-refractivity contribution in [3.8, 4) is 0 Å². The van der Waals surface area contributed by atoms with Crippen LogP contribution in [0.4, 0.5) is 0 Å². The van der Waals surface area contributed by atoms with Gasteiger partial charge in [-0.1, -0.05) is 12.8 Å². The summed E-state index contributed by atoms with van der Waals surface area (Å²) >= 11 is 0. The Hall–Kier alpha value is -1.19. The maximum absolute atomic E-state index is 11.6. The molecule has 15 heavy (non-hydrogen) atoms. The molecular weight excluding hydrogens is 196 g/mol. The summed E-state index contributed by atoms with van der Waals surface area (Å²) in [5.74, 6) is -2.38. The average Bonchev–Trinajstić information content (AvgIpc) is 2.42. The van der Waals surface area contributed by atoms with Crippen molar-refractivity contribution in [3.63, 3.8) is 0 Å². The van der Waals surface area contributed by atoms with E-state index in [0.29, 0.717) is 12.8 Å². The molecule has 1 atom stereocenters. The number of rotatable bonds is 3. The van der Waals surface area contributed by atoms with Gasteiger partial charge in [-0.15, -0.1) is 0 Å². The van der Waals surface area contributed by atoms with Gasteiger partial charge in [-0.25, -0.2) is 4.79 Å². The van der Waals surface area contributed by atoms with Crippen LogP contribution >= 0.6 is 0 Å². The molecule has 0 spiro atoms. The van der Waals surface area contributed by atoms with E-state index >= 15 is 0 Å². The second-order valence-corrected chi connectivity index (χ2v) is 3.70. The van der Waals surface area contributed by atoms with Crippen molar-refractivity contribution >= 4 is 17.5 Å². The zero-order valence-corrected chi connectivity index (χ0v) is 8.95. The number of hydrogen-bond acceptors (Lipinski definition) is 4. The fraction of sp³-hybridized carbons (Fsp3) is 0.727. The van der Waals surface area contributed by atoms with Crippen molar-refractivity contribution < 1.29 is 19.1 Å². The summed E-state index contributed by atoms with van der Waals surface area (Å²) in [7, 11) is 0. The summed E-state index contributed by atoms with van der Waals surface area (Å²) in [5, 5.41) is 0. The fourth-order valence-electron chi connectivity index (χ4n) is 1.78. The van der Waals surface area contributed by atoms with Gasteiger partial charge in [-0.05, 0) is 19.8 Å². The summed E-state index contributed by atoms with van der Waals surface area (Å²) in [5.41, 5.74) is 0. The smallest absolute Gasteiger partial charge is 0.375 e. The van der Waals surface area contributed by atoms with Crippen LogP contribution in [0, 0.1) is 5.92 Å². The minimum Gasteiger partial charge on any atom is -0.460 e. The molecule has 4 nitrogen and oxygen atoms in total. The molecule has 0 aromatic carbocycles. The first-order valence-electron chi connectivity index (χ1n) is 5.40. The van der Waals surface area contributed by atoms with Gasteiger partial charge >= 0.3 is 5.97 Å². The first-order chi connectivity index (χ1) is 7.16. The van der Waals surface area contributed by atoms with Crippen molar-refractivity contribution in [2.75, 3.05) is 6.61 Å². The zero-order valence-electron chi connectivity index (χ0n) is 8.95. The Morgan fingerprint density at radius 3 is 2.73 bits per heavy atom. The van der Waals surface area contributed by atoms with Gasteiger partial charge < -0.3 is 4.74 Å². The third kappa shape index (κ3) is 3.15. The fourth-order valence-corrected chi connectivity index (χ4v) is 1.78. The summed E-state index contributed by atoms with van der Waals surface area (Å²) in [6, 6.07) is 0. The monoisotopic (exact) mass is 212 g/mol. The van der Waals surface area contributed by atoms with E-state index in [1.54, 1.807) is 6.92 Å². The van der Waals surface area contributed by atoms with Gasteiger partial charge in [-0.2, -0.15) is 0 Å². The second-order valence-electron chi connectivity index (χ2n) is 3.70. The molecule has 1 saturated carbocycles. The highest BCUT2D eigenvalue weighted by Crippen LogP contribution is 2.21. The quantitative estimate of drug-likeness (QED) is 0.306. The Morgan fingerprint density at radius 1 is 1.33 bits per heavy atom. The van der Waals surface area contributed by atoms with Gasteiger partial charge in [0.2, 0.25) is 5.78 Å². The van der Waals surface area contributed by atoms with E-state index in [-0.39, 0.29) is 12.4 Å². The first-order valence-corrected chi connectivity index (χ1v) is 5.40. The van der Waals surface area contributed by atoms with Gasteiger partial charge in [0.15, 0.2) is 0 Å². The summed E-state index contributed by atoms with van der Waals surface area (Å²) < 4.78 is 4.61. The third-order valence-corrected chi connectivity index (χ3v) is 2.60. The largest absolute Gasteiger partial charge is 0.460 e. The van der Waals surface area contributed by atoms with E-state index < -0.39 is 17.7 Å². The molecule has 0 aliphatic heterocycles. The van der Waals surface area contributed by atoms with Crippen molar-refractivity contribution in [1.29, 1.82) is 0 Å². The maximum atomic E-state index is 11.6. The Kier molecular flexibility index (Phi) is 4.46. The molecule has 1 aliphatic rings. The average molecular weight is 212 g/mol. The standard InChI is InChI=1S/C11H16O4/c1-2-15-11(14)10(13)8-6-4-3-5-7-9(8)12/h8H,2-7H2,1H3/t8-/m1/s1. The lowest BCUT2D eigenvalue weighted by atomic mass is 9.94. The van der Waals surface area contributed by atoms with Crippen LogP contribution in [0.2, 0.25) is 0 Å². The number of hydrogen-bond donors (Lipinski definition) is 0. The lowest BCUT2D eigenvalue weighted by molar-refractivity contribution is -0.156. The molecule has 1 aliphatic carbocycles. The van der Waals surface area contributed by atoms with Crippen LogP contribution in [0.1, 0.15) is 39.0 Å². The molecule has 0 aromatic rings. The third-order valence-electron chi connectivity index (χ3n) is 2.60. The highest BCUT2D eigenvalue weighted by molar-refractivity contribution is 6.38. The van der Waals surface area contributed by atoms with E-state index in [2.05, 4.69) is 4.74 Å². The molecule has 0 aromatic heterocycles. The normalized spacial score (nSPS) is 21.9. The zero-order chi connectivity index (χ0) is 11.3. The van der Waals surface area contributed by atoms with Crippen LogP contribution in [-0.2, 0) is 19.1 Å². The minimum absolute atomic E-state index is 0.106. The van der Waals surface area contributed by atoms with E-state index in [9.17, 15) is 14.4 Å². The number of ketones is 2. The Bertz CT molecular complexity index is 270. The van der Waals surface area contributed by atoms with Gasteiger partial charge in [0.1, 0.15) is 5.78 Å². The Morgan fingerprint density at radius 2 is 2.07 bits per heavy atom. The number of ether oxygens (including phenoxy) is 1. The van der Waals surface area contributed by atoms with Gasteiger partial charge in [-0.3, -0.25) is 9.59 Å². The Labute approximate surface area is 89.0 Å². The molecule has 0 radical (unpaired) electrons. The van der Waals surface area contributed by atoms with E-state index in [4.69, 9.17) is 0 Å². The van der Waals surface area contributed by atoms with Gasteiger partial charge in [0.25, 0.3) is 0 Å². The molecule has 0 saturated heterocycles. The number of carbonyl (C=O) groups excluding carboxylic acids is 3. The minimum atomic E-state index is -0.863. The molecule has 1 fully saturated rings. The van der Waals surface area contributed by atoms with Crippen LogP contribution < -0.4 is 0 Å². The van der Waals surface area contributed by atoms with E-state index in [0.717, 1.165) is 19.3 Å². The molecule has 0 N–H and O–H groups in total. The molecule has 84 valence electrons. The lowest BCUT2D eigenvalue weighted by Crippen LogP contribution is -2.30. The van der Waals surface area contributed by atoms with Crippen molar-refractivity contribution in [1.82, 2.24) is 0 Å². The first kappa shape index (κ1) is 11.9. The van der Waals surface area contributed by atoms with Gasteiger partial charge in [0.05, 0.1) is 12.5 Å². The molecule has 0 heterocycles. The van der Waals surface area contributed by atoms with E-state index in [1.807, 2.05) is 0 Å². The predicted octanol–water partition coefficient (Wildman–Crippen LogP) is 1.27. The summed E-state index contributed by atoms with van der Waals surface area (Å²) in [6.45, 7) is 1.81. The predicted molar refractivity (Wildman–Crippen MR) is 53.2 cm³/mol. The van der Waals surface area contributed by atoms with Crippen LogP contribution in [0.5, 0.6) is 0 Å². The molecular formula is C11H16O4. The SMILES string of the molecule is CCOC(=O)C(=O)[C@@H]1CCCCCC1=O. The Balaban J connectivity index is 2.63. The molecule has 0 unspecified atom stereocenters. The van der Waals surface area contributed by atoms with Crippen molar-refractivity contribution in [3.05, 3.63) is 0 Å². The van der Waals surface area contributed by atoms with Crippen LogP contribution in [0.3, 0.4) is 0 Å². The number of carbonyl (C=O) groups is 3. The highest BCUT2D eigenvalue weighted by atomic mass is 16.5. The van der Waals surface area contributed by atoms with E-state index in [1.165, 1.54) is 0 Å². The van der Waals surface area contributed by atoms with Crippen LogP contribution in [-0.4, -0.2) is 24.1 Å².